The molecule has 0 amide bonds. The standard InChI is InChI=1S/C15H13BrN2O/c1-4-6-10(5-2)14-17-13-11(15(19)18-14)7-9(3)8-12(13)16/h4-8H,1-2H2,3H3,(H,17,18,19)/b10-6+. The van der Waals surface area contributed by atoms with E-state index >= 15 is 0 Å². The van der Waals surface area contributed by atoms with Crippen LogP contribution in [0.5, 0.6) is 0 Å². The van der Waals surface area contributed by atoms with Gasteiger partial charge in [-0.2, -0.15) is 0 Å². The largest absolute Gasteiger partial charge is 0.306 e. The molecule has 0 spiro atoms. The first-order valence-electron chi connectivity index (χ1n) is 5.72. The summed E-state index contributed by atoms with van der Waals surface area (Å²) in [5, 5.41) is 0.567. The summed E-state index contributed by atoms with van der Waals surface area (Å²) in [6.07, 6.45) is 5.01. The van der Waals surface area contributed by atoms with Crippen molar-refractivity contribution in [3.63, 3.8) is 0 Å². The van der Waals surface area contributed by atoms with Crippen LogP contribution in [0.3, 0.4) is 0 Å². The summed E-state index contributed by atoms with van der Waals surface area (Å²) < 4.78 is 0.803. The van der Waals surface area contributed by atoms with Crippen LogP contribution < -0.4 is 5.56 Å². The zero-order chi connectivity index (χ0) is 14.0. The Kier molecular flexibility index (Phi) is 3.81. The highest BCUT2D eigenvalue weighted by Crippen LogP contribution is 2.23. The highest BCUT2D eigenvalue weighted by atomic mass is 79.9. The maximum atomic E-state index is 12.1. The summed E-state index contributed by atoms with van der Waals surface area (Å²) in [5.41, 5.74) is 2.20. The predicted molar refractivity (Wildman–Crippen MR) is 83.2 cm³/mol. The summed E-state index contributed by atoms with van der Waals surface area (Å²) in [4.78, 5) is 19.4. The van der Waals surface area contributed by atoms with Crippen molar-refractivity contribution >= 4 is 32.4 Å². The summed E-state index contributed by atoms with van der Waals surface area (Å²) in [6.45, 7) is 9.28. The van der Waals surface area contributed by atoms with Crippen molar-refractivity contribution < 1.29 is 0 Å². The number of aryl methyl sites for hydroxylation is 1. The molecule has 0 unspecified atom stereocenters. The lowest BCUT2D eigenvalue weighted by atomic mass is 10.1. The van der Waals surface area contributed by atoms with Crippen LogP contribution in [0.25, 0.3) is 16.5 Å². The number of benzene rings is 1. The van der Waals surface area contributed by atoms with Gasteiger partial charge in [-0.25, -0.2) is 4.98 Å². The molecular weight excluding hydrogens is 304 g/mol. The molecule has 0 saturated heterocycles. The highest BCUT2D eigenvalue weighted by molar-refractivity contribution is 9.10. The molecule has 0 atom stereocenters. The summed E-state index contributed by atoms with van der Waals surface area (Å²) in [6, 6.07) is 3.75. The number of aromatic nitrogens is 2. The number of nitrogens with one attached hydrogen (secondary N) is 1. The van der Waals surface area contributed by atoms with Crippen LogP contribution in [-0.4, -0.2) is 9.97 Å². The Morgan fingerprint density at radius 3 is 2.79 bits per heavy atom. The van der Waals surface area contributed by atoms with Crippen molar-refractivity contribution in [3.05, 3.63) is 69.7 Å². The zero-order valence-corrected chi connectivity index (χ0v) is 12.1. The van der Waals surface area contributed by atoms with Crippen molar-refractivity contribution in [3.8, 4) is 0 Å². The third kappa shape index (κ3) is 2.58. The van der Waals surface area contributed by atoms with Crippen molar-refractivity contribution in [2.75, 3.05) is 0 Å². The molecule has 0 fully saturated rings. The predicted octanol–water partition coefficient (Wildman–Crippen LogP) is 3.75. The first-order valence-corrected chi connectivity index (χ1v) is 6.52. The van der Waals surface area contributed by atoms with E-state index in [1.807, 2.05) is 19.1 Å². The van der Waals surface area contributed by atoms with Gasteiger partial charge in [0.05, 0.1) is 10.9 Å². The van der Waals surface area contributed by atoms with E-state index in [0.29, 0.717) is 16.7 Å². The second-order valence-corrected chi connectivity index (χ2v) is 4.97. The van der Waals surface area contributed by atoms with Gasteiger partial charge < -0.3 is 4.98 Å². The van der Waals surface area contributed by atoms with Crippen molar-refractivity contribution in [2.45, 2.75) is 6.92 Å². The van der Waals surface area contributed by atoms with Gasteiger partial charge in [-0.3, -0.25) is 4.79 Å². The third-order valence-electron chi connectivity index (χ3n) is 2.70. The number of allylic oxidation sites excluding steroid dienone is 4. The van der Waals surface area contributed by atoms with Crippen LogP contribution in [0.4, 0.5) is 0 Å². The highest BCUT2D eigenvalue weighted by Gasteiger charge is 2.09. The molecule has 2 aromatic rings. The molecule has 4 heteroatoms. The Balaban J connectivity index is 2.82. The van der Waals surface area contributed by atoms with Crippen LogP contribution in [0.15, 0.2) is 52.8 Å². The van der Waals surface area contributed by atoms with Crippen molar-refractivity contribution in [1.29, 1.82) is 0 Å². The van der Waals surface area contributed by atoms with E-state index < -0.39 is 0 Å². The number of rotatable bonds is 3. The molecule has 0 aliphatic carbocycles. The Hall–Kier alpha value is -1.94. The lowest BCUT2D eigenvalue weighted by molar-refractivity contribution is 1.12. The van der Waals surface area contributed by atoms with E-state index in [1.54, 1.807) is 18.2 Å². The summed E-state index contributed by atoms with van der Waals surface area (Å²) in [5.74, 6) is 0.483. The van der Waals surface area contributed by atoms with Crippen LogP contribution in [-0.2, 0) is 0 Å². The van der Waals surface area contributed by atoms with Gasteiger partial charge >= 0.3 is 0 Å². The SMILES string of the molecule is C=C/C=C(\C=C)c1nc2c(Br)cc(C)cc2c(=O)[nH]1. The number of fused-ring (bicyclic) bond motifs is 1. The molecule has 3 nitrogen and oxygen atoms in total. The van der Waals surface area contributed by atoms with Crippen LogP contribution in [0, 0.1) is 6.92 Å². The Bertz CT molecular complexity index is 757. The second kappa shape index (κ2) is 5.36. The fourth-order valence-corrected chi connectivity index (χ4v) is 2.51. The topological polar surface area (TPSA) is 45.8 Å². The molecule has 0 radical (unpaired) electrons. The number of H-pyrrole nitrogens is 1. The lowest BCUT2D eigenvalue weighted by Crippen LogP contribution is -2.11. The van der Waals surface area contributed by atoms with Gasteiger partial charge in [0.1, 0.15) is 5.82 Å². The molecule has 1 aromatic heterocycles. The minimum atomic E-state index is -0.166. The van der Waals surface area contributed by atoms with E-state index in [4.69, 9.17) is 0 Å². The van der Waals surface area contributed by atoms with Gasteiger partial charge in [-0.1, -0.05) is 31.4 Å². The number of aromatic amines is 1. The fraction of sp³-hybridized carbons (Fsp3) is 0.0667. The first kappa shape index (κ1) is 13.5. The molecule has 0 aliphatic heterocycles. The molecule has 0 saturated carbocycles. The van der Waals surface area contributed by atoms with Gasteiger partial charge in [0.25, 0.3) is 5.56 Å². The molecule has 1 N–H and O–H groups in total. The van der Waals surface area contributed by atoms with Crippen LogP contribution in [0.2, 0.25) is 0 Å². The first-order chi connectivity index (χ1) is 9.06. The number of hydrogen-bond donors (Lipinski definition) is 1. The Morgan fingerprint density at radius 1 is 1.42 bits per heavy atom. The van der Waals surface area contributed by atoms with Crippen molar-refractivity contribution in [2.24, 2.45) is 0 Å². The van der Waals surface area contributed by atoms with Crippen LogP contribution >= 0.6 is 15.9 Å². The second-order valence-electron chi connectivity index (χ2n) is 4.12. The maximum Gasteiger partial charge on any atom is 0.259 e. The van der Waals surface area contributed by atoms with E-state index in [-0.39, 0.29) is 5.56 Å². The van der Waals surface area contributed by atoms with E-state index in [9.17, 15) is 4.79 Å². The Labute approximate surface area is 119 Å². The summed E-state index contributed by atoms with van der Waals surface area (Å²) >= 11 is 3.45. The maximum absolute atomic E-state index is 12.1. The molecule has 2 rings (SSSR count). The molecule has 96 valence electrons. The van der Waals surface area contributed by atoms with Gasteiger partial charge in [0, 0.05) is 10.0 Å². The quantitative estimate of drug-likeness (QED) is 0.876. The minimum absolute atomic E-state index is 0.166. The average molecular weight is 317 g/mol. The Morgan fingerprint density at radius 2 is 2.16 bits per heavy atom. The number of nitrogens with zero attached hydrogens (tertiary/aromatic N) is 1. The minimum Gasteiger partial charge on any atom is -0.306 e. The molecule has 0 aliphatic rings. The van der Waals surface area contributed by atoms with Gasteiger partial charge in [0.15, 0.2) is 0 Å². The smallest absolute Gasteiger partial charge is 0.259 e. The van der Waals surface area contributed by atoms with Gasteiger partial charge in [0.2, 0.25) is 0 Å². The third-order valence-corrected chi connectivity index (χ3v) is 3.30. The molecular formula is C15H13BrN2O. The normalized spacial score (nSPS) is 11.6. The number of halogens is 1. The zero-order valence-electron chi connectivity index (χ0n) is 10.5. The van der Waals surface area contributed by atoms with E-state index in [1.165, 1.54) is 0 Å². The van der Waals surface area contributed by atoms with Gasteiger partial charge in [-0.05, 0) is 40.5 Å². The van der Waals surface area contributed by atoms with Gasteiger partial charge in [-0.15, -0.1) is 0 Å². The monoisotopic (exact) mass is 316 g/mol. The average Bonchev–Trinajstić information content (AvgIpc) is 2.37. The lowest BCUT2D eigenvalue weighted by Gasteiger charge is -2.06. The molecule has 0 bridgehead atoms. The molecule has 19 heavy (non-hydrogen) atoms. The van der Waals surface area contributed by atoms with E-state index in [0.717, 1.165) is 15.6 Å². The molecule has 1 heterocycles. The summed E-state index contributed by atoms with van der Waals surface area (Å²) in [7, 11) is 0. The van der Waals surface area contributed by atoms with Crippen molar-refractivity contribution in [1.82, 2.24) is 9.97 Å². The fourth-order valence-electron chi connectivity index (χ4n) is 1.84. The number of hydrogen-bond acceptors (Lipinski definition) is 2. The van der Waals surface area contributed by atoms with Crippen LogP contribution in [0.1, 0.15) is 11.4 Å². The van der Waals surface area contributed by atoms with E-state index in [2.05, 4.69) is 39.1 Å². The molecule has 1 aromatic carbocycles.